The molecule has 0 radical (unpaired) electrons. The van der Waals surface area contributed by atoms with Crippen molar-refractivity contribution in [1.82, 2.24) is 4.48 Å². The number of aryl methyl sites for hydroxylation is 2. The highest BCUT2D eigenvalue weighted by Gasteiger charge is 2.56. The van der Waals surface area contributed by atoms with Gasteiger partial charge in [-0.15, -0.1) is 0 Å². The van der Waals surface area contributed by atoms with Crippen LogP contribution in [0.4, 0.5) is 8.63 Å². The topological polar surface area (TPSA) is 17.2 Å². The number of hydrogen-bond acceptors (Lipinski definition) is 1. The van der Waals surface area contributed by atoms with Crippen LogP contribution in [-0.4, -0.2) is 21.8 Å². The van der Waals surface area contributed by atoms with Crippen LogP contribution in [0.3, 0.4) is 0 Å². The first kappa shape index (κ1) is 16.1. The highest BCUT2D eigenvalue weighted by atomic mass is 19.2. The van der Waals surface area contributed by atoms with Crippen molar-refractivity contribution in [1.29, 1.82) is 0 Å². The molecule has 0 spiro atoms. The Bertz CT molecular complexity index is 1150. The third kappa shape index (κ3) is 2.16. The Hall–Kier alpha value is -3.15. The normalized spacial score (nSPS) is 16.5. The number of benzene rings is 2. The molecular weight excluding hydrogens is 345 g/mol. The highest BCUT2D eigenvalue weighted by molar-refractivity contribution is 6.59. The number of rotatable bonds is 1. The molecule has 5 rings (SSSR count). The van der Waals surface area contributed by atoms with Crippen LogP contribution in [0.15, 0.2) is 60.7 Å². The van der Waals surface area contributed by atoms with Gasteiger partial charge in [0.2, 0.25) is 0 Å². The fourth-order valence-corrected chi connectivity index (χ4v) is 4.10. The molecule has 3 heterocycles. The maximum Gasteiger partial charge on any atom is 0.740 e. The van der Waals surface area contributed by atoms with E-state index in [0.29, 0.717) is 28.4 Å². The van der Waals surface area contributed by atoms with Gasteiger partial charge in [-0.25, -0.2) is 0 Å². The summed E-state index contributed by atoms with van der Waals surface area (Å²) in [6.45, 7) is -0.500. The maximum absolute atomic E-state index is 15.8. The van der Waals surface area contributed by atoms with E-state index in [4.69, 9.17) is 4.74 Å². The second kappa shape index (κ2) is 5.43. The van der Waals surface area contributed by atoms with Crippen molar-refractivity contribution >= 4 is 24.6 Å². The predicted molar refractivity (Wildman–Crippen MR) is 103 cm³/mol. The first-order valence-electron chi connectivity index (χ1n) is 8.90. The monoisotopic (exact) mass is 362 g/mol. The lowest BCUT2D eigenvalue weighted by molar-refractivity contribution is -0.327. The second-order valence-corrected chi connectivity index (χ2v) is 6.98. The molecule has 6 heteroatoms. The van der Waals surface area contributed by atoms with Gasteiger partial charge in [0.1, 0.15) is 5.75 Å². The second-order valence-electron chi connectivity index (χ2n) is 6.98. The fourth-order valence-electron chi connectivity index (χ4n) is 4.10. The Kier molecular flexibility index (Phi) is 3.23. The standard InChI is InChI=1S/C21H17BF2N2O/c1-14-12-15(2)25-19(14)13-20-17-10-6-7-11-18(17)21(26(20)22(25,23)24)27-16-8-4-3-5-9-16/h3-13H,1-2H3. The molecular formula is C21H17BF2N2O. The molecule has 0 aliphatic carbocycles. The molecule has 2 aromatic carbocycles. The first-order valence-corrected chi connectivity index (χ1v) is 8.90. The van der Waals surface area contributed by atoms with Gasteiger partial charge in [0.05, 0.1) is 11.1 Å². The molecule has 0 amide bonds. The number of fused-ring (bicyclic) bond motifs is 4. The summed E-state index contributed by atoms with van der Waals surface area (Å²) < 4.78 is 39.7. The Morgan fingerprint density at radius 2 is 1.59 bits per heavy atom. The average molecular weight is 362 g/mol. The smallest absolute Gasteiger partial charge is 0.408 e. The SMILES string of the molecule is Cc1cc(C)n2c1C=C1c3ccccc3C(Oc3ccccc3)=[N+]1[B-]2(F)F. The molecule has 3 aromatic rings. The largest absolute Gasteiger partial charge is 0.740 e. The minimum atomic E-state index is -4.08. The van der Waals surface area contributed by atoms with E-state index in [1.54, 1.807) is 25.1 Å². The molecule has 2 aliphatic heterocycles. The summed E-state index contributed by atoms with van der Waals surface area (Å²) in [5.41, 5.74) is 3.85. The van der Waals surface area contributed by atoms with Crippen LogP contribution in [0, 0.1) is 13.8 Å². The van der Waals surface area contributed by atoms with Crippen LogP contribution in [0.5, 0.6) is 5.75 Å². The van der Waals surface area contributed by atoms with E-state index in [0.717, 1.165) is 20.1 Å². The van der Waals surface area contributed by atoms with E-state index in [9.17, 15) is 0 Å². The van der Waals surface area contributed by atoms with Crippen LogP contribution in [-0.2, 0) is 0 Å². The molecule has 2 aliphatic rings. The third-order valence-corrected chi connectivity index (χ3v) is 5.23. The lowest BCUT2D eigenvalue weighted by Gasteiger charge is -2.29. The van der Waals surface area contributed by atoms with E-state index in [2.05, 4.69) is 0 Å². The van der Waals surface area contributed by atoms with Crippen molar-refractivity contribution in [3.63, 3.8) is 0 Å². The van der Waals surface area contributed by atoms with Gasteiger partial charge in [-0.05, 0) is 55.4 Å². The Balaban J connectivity index is 1.81. The molecule has 0 N–H and O–H groups in total. The Morgan fingerprint density at radius 1 is 0.926 bits per heavy atom. The predicted octanol–water partition coefficient (Wildman–Crippen LogP) is 4.69. The zero-order valence-corrected chi connectivity index (χ0v) is 15.0. The molecule has 1 aromatic heterocycles. The first-order chi connectivity index (χ1) is 13.0. The Labute approximate surface area is 155 Å². The van der Waals surface area contributed by atoms with Gasteiger partial charge in [0.15, 0.2) is 5.70 Å². The van der Waals surface area contributed by atoms with Crippen molar-refractivity contribution in [2.24, 2.45) is 0 Å². The summed E-state index contributed by atoms with van der Waals surface area (Å²) in [6, 6.07) is 18.2. The molecule has 0 atom stereocenters. The molecule has 0 unspecified atom stereocenters. The van der Waals surface area contributed by atoms with Crippen molar-refractivity contribution in [3.8, 4) is 5.75 Å². The molecule has 27 heavy (non-hydrogen) atoms. The molecule has 0 saturated heterocycles. The summed E-state index contributed by atoms with van der Waals surface area (Å²) in [4.78, 5) is 0. The number of nitrogens with zero attached hydrogens (tertiary/aromatic N) is 2. The summed E-state index contributed by atoms with van der Waals surface area (Å²) >= 11 is 0. The van der Waals surface area contributed by atoms with Crippen molar-refractivity contribution in [2.75, 3.05) is 0 Å². The fraction of sp³-hybridized carbons (Fsp3) is 0.0952. The summed E-state index contributed by atoms with van der Waals surface area (Å²) in [7, 11) is 0. The van der Waals surface area contributed by atoms with Crippen LogP contribution in [0.1, 0.15) is 28.1 Å². The molecule has 134 valence electrons. The molecule has 3 nitrogen and oxygen atoms in total. The molecule has 0 saturated carbocycles. The van der Waals surface area contributed by atoms with Gasteiger partial charge in [0, 0.05) is 11.8 Å². The number of para-hydroxylation sites is 1. The van der Waals surface area contributed by atoms with Crippen LogP contribution in [0.25, 0.3) is 11.8 Å². The Morgan fingerprint density at radius 3 is 2.33 bits per heavy atom. The number of ether oxygens (including phenoxy) is 1. The van der Waals surface area contributed by atoms with Gasteiger partial charge >= 0.3 is 12.9 Å². The zero-order valence-electron chi connectivity index (χ0n) is 15.0. The van der Waals surface area contributed by atoms with E-state index in [1.165, 1.54) is 0 Å². The van der Waals surface area contributed by atoms with E-state index >= 15 is 8.63 Å². The van der Waals surface area contributed by atoms with Crippen molar-refractivity contribution in [3.05, 3.63) is 88.7 Å². The van der Waals surface area contributed by atoms with Gasteiger partial charge < -0.3 is 17.8 Å². The summed E-state index contributed by atoms with van der Waals surface area (Å²) in [6.07, 6.45) is 1.84. The number of aromatic nitrogens is 1. The van der Waals surface area contributed by atoms with E-state index < -0.39 is 6.97 Å². The number of halogens is 2. The quantitative estimate of drug-likeness (QED) is 0.574. The zero-order chi connectivity index (χ0) is 18.8. The average Bonchev–Trinajstić information content (AvgIpc) is 3.12. The van der Waals surface area contributed by atoms with Crippen LogP contribution in [0.2, 0.25) is 0 Å². The van der Waals surface area contributed by atoms with Crippen molar-refractivity contribution < 1.29 is 17.9 Å². The van der Waals surface area contributed by atoms with Crippen molar-refractivity contribution in [2.45, 2.75) is 13.8 Å². The van der Waals surface area contributed by atoms with Gasteiger partial charge in [-0.3, -0.25) is 4.49 Å². The third-order valence-electron chi connectivity index (χ3n) is 5.23. The maximum atomic E-state index is 15.8. The lowest BCUT2D eigenvalue weighted by atomic mass is 9.90. The van der Waals surface area contributed by atoms with Crippen LogP contribution >= 0.6 is 0 Å². The minimum absolute atomic E-state index is 0.171. The van der Waals surface area contributed by atoms with Gasteiger partial charge in [0.25, 0.3) is 0 Å². The van der Waals surface area contributed by atoms with Crippen LogP contribution < -0.4 is 4.74 Å². The molecule has 0 bridgehead atoms. The molecule has 0 fully saturated rings. The van der Waals surface area contributed by atoms with E-state index in [-0.39, 0.29) is 5.90 Å². The minimum Gasteiger partial charge on any atom is -0.408 e. The number of hydrogen-bond donors (Lipinski definition) is 0. The lowest BCUT2D eigenvalue weighted by Crippen LogP contribution is -2.51. The summed E-state index contributed by atoms with van der Waals surface area (Å²) in [5.74, 6) is 0.700. The van der Waals surface area contributed by atoms with Gasteiger partial charge in [-0.2, -0.15) is 0 Å². The van der Waals surface area contributed by atoms with E-state index in [1.807, 2.05) is 55.5 Å². The van der Waals surface area contributed by atoms with Gasteiger partial charge in [-0.1, -0.05) is 30.3 Å². The summed E-state index contributed by atoms with van der Waals surface area (Å²) in [5, 5.41) is 0. The highest BCUT2D eigenvalue weighted by Crippen LogP contribution is 2.40.